The van der Waals surface area contributed by atoms with Crippen LogP contribution in [0.2, 0.25) is 0 Å². The molecule has 0 aromatic heterocycles. The van der Waals surface area contributed by atoms with Crippen molar-refractivity contribution in [1.82, 2.24) is 0 Å². The van der Waals surface area contributed by atoms with Crippen molar-refractivity contribution in [3.05, 3.63) is 107 Å². The zero-order valence-electron chi connectivity index (χ0n) is 15.1. The quantitative estimate of drug-likeness (QED) is 0.569. The molecule has 0 fully saturated rings. The van der Waals surface area contributed by atoms with Crippen LogP contribution in [0.4, 0.5) is 14.5 Å². The van der Waals surface area contributed by atoms with Gasteiger partial charge in [-0.1, -0.05) is 60.7 Å². The summed E-state index contributed by atoms with van der Waals surface area (Å²) >= 11 is 0. The van der Waals surface area contributed by atoms with Gasteiger partial charge in [-0.25, -0.2) is 13.6 Å². The van der Waals surface area contributed by atoms with Gasteiger partial charge < -0.3 is 10.0 Å². The largest absolute Gasteiger partial charge is 0.478 e. The first-order valence-electron chi connectivity index (χ1n) is 8.76. The van der Waals surface area contributed by atoms with Crippen LogP contribution < -0.4 is 4.90 Å². The van der Waals surface area contributed by atoms with E-state index in [1.165, 1.54) is 12.1 Å². The van der Waals surface area contributed by atoms with Gasteiger partial charge in [0.05, 0.1) is 0 Å². The minimum Gasteiger partial charge on any atom is -0.478 e. The molecule has 28 heavy (non-hydrogen) atoms. The van der Waals surface area contributed by atoms with Gasteiger partial charge in [-0.2, -0.15) is 0 Å². The Kier molecular flexibility index (Phi) is 6.17. The number of carboxylic acids is 1. The number of anilines is 1. The van der Waals surface area contributed by atoms with Gasteiger partial charge in [-0.15, -0.1) is 0 Å². The molecule has 0 heterocycles. The molecule has 0 aliphatic carbocycles. The molecule has 3 aromatic carbocycles. The number of benzene rings is 3. The molecular formula is C23H19F2NO2. The molecule has 5 heteroatoms. The minimum absolute atomic E-state index is 0.370. The summed E-state index contributed by atoms with van der Waals surface area (Å²) in [6, 6.07) is 21.8. The highest BCUT2D eigenvalue weighted by Gasteiger charge is 2.15. The minimum atomic E-state index is -1.27. The Balaban J connectivity index is 1.96. The average Bonchev–Trinajstić information content (AvgIpc) is 2.68. The summed E-state index contributed by atoms with van der Waals surface area (Å²) in [6.45, 7) is 0.942. The van der Waals surface area contributed by atoms with E-state index in [1.54, 1.807) is 0 Å². The molecule has 0 radical (unpaired) electrons. The number of carbonyl (C=O) groups is 1. The lowest BCUT2D eigenvalue weighted by Gasteiger charge is -2.26. The van der Waals surface area contributed by atoms with Crippen LogP contribution in [0.25, 0.3) is 6.08 Å². The first-order chi connectivity index (χ1) is 13.5. The van der Waals surface area contributed by atoms with E-state index in [0.717, 1.165) is 17.2 Å². The number of nitrogens with zero attached hydrogens (tertiary/aromatic N) is 1. The molecule has 0 atom stereocenters. The van der Waals surface area contributed by atoms with Crippen LogP contribution in [-0.2, 0) is 17.9 Å². The number of halogens is 2. The fourth-order valence-electron chi connectivity index (χ4n) is 2.91. The third-order valence-electron chi connectivity index (χ3n) is 4.25. The van der Waals surface area contributed by atoms with Crippen LogP contribution in [-0.4, -0.2) is 11.1 Å². The summed E-state index contributed by atoms with van der Waals surface area (Å²) in [4.78, 5) is 12.5. The molecular weight excluding hydrogens is 360 g/mol. The van der Waals surface area contributed by atoms with E-state index in [4.69, 9.17) is 5.11 Å². The first-order valence-corrected chi connectivity index (χ1v) is 8.76. The van der Waals surface area contributed by atoms with Crippen LogP contribution in [0.15, 0.2) is 78.9 Å². The van der Waals surface area contributed by atoms with Gasteiger partial charge >= 0.3 is 5.97 Å². The van der Waals surface area contributed by atoms with Crippen LogP contribution >= 0.6 is 0 Å². The van der Waals surface area contributed by atoms with Crippen molar-refractivity contribution in [2.24, 2.45) is 0 Å². The van der Waals surface area contributed by atoms with Gasteiger partial charge in [-0.3, -0.25) is 0 Å². The number of aliphatic carboxylic acids is 1. The standard InChI is InChI=1S/C23H19F2NO2/c24-21-13-19(14-22(25)20(21)11-12-23(27)28)26(15-17-7-3-1-4-8-17)16-18-9-5-2-6-10-18/h1-14H,15-16H2,(H,27,28). The van der Waals surface area contributed by atoms with Crippen molar-refractivity contribution < 1.29 is 18.7 Å². The van der Waals surface area contributed by atoms with Gasteiger partial charge in [0.25, 0.3) is 0 Å². The molecule has 3 nitrogen and oxygen atoms in total. The summed E-state index contributed by atoms with van der Waals surface area (Å²) in [6.07, 6.45) is 1.64. The molecule has 0 spiro atoms. The SMILES string of the molecule is O=C(O)C=Cc1c(F)cc(N(Cc2ccccc2)Cc2ccccc2)cc1F. The fraction of sp³-hybridized carbons (Fsp3) is 0.0870. The lowest BCUT2D eigenvalue weighted by atomic mass is 10.1. The van der Waals surface area contributed by atoms with E-state index in [-0.39, 0.29) is 5.56 Å². The third kappa shape index (κ3) is 5.04. The highest BCUT2D eigenvalue weighted by Crippen LogP contribution is 2.26. The van der Waals surface area contributed by atoms with E-state index in [2.05, 4.69) is 0 Å². The Labute approximate surface area is 162 Å². The highest BCUT2D eigenvalue weighted by atomic mass is 19.1. The molecule has 0 aliphatic heterocycles. The Morgan fingerprint density at radius 3 is 1.75 bits per heavy atom. The molecule has 0 saturated heterocycles. The highest BCUT2D eigenvalue weighted by molar-refractivity contribution is 5.85. The number of hydrogen-bond acceptors (Lipinski definition) is 2. The van der Waals surface area contributed by atoms with Gasteiger partial charge in [0, 0.05) is 30.4 Å². The first kappa shape index (κ1) is 19.3. The molecule has 142 valence electrons. The summed E-state index contributed by atoms with van der Waals surface area (Å²) in [7, 11) is 0. The monoisotopic (exact) mass is 379 g/mol. The molecule has 1 N–H and O–H groups in total. The zero-order chi connectivity index (χ0) is 19.9. The van der Waals surface area contributed by atoms with Crippen molar-refractivity contribution >= 4 is 17.7 Å². The lowest BCUT2D eigenvalue weighted by molar-refractivity contribution is -0.131. The van der Waals surface area contributed by atoms with Gasteiger partial charge in [0.1, 0.15) is 11.6 Å². The van der Waals surface area contributed by atoms with E-state index in [9.17, 15) is 13.6 Å². The van der Waals surface area contributed by atoms with Crippen molar-refractivity contribution in [2.75, 3.05) is 4.90 Å². The predicted octanol–water partition coefficient (Wildman–Crippen LogP) is 5.27. The summed E-state index contributed by atoms with van der Waals surface area (Å²) in [5.74, 6) is -2.88. The Morgan fingerprint density at radius 1 is 0.857 bits per heavy atom. The summed E-state index contributed by atoms with van der Waals surface area (Å²) in [5.41, 5.74) is 2.03. The van der Waals surface area contributed by atoms with Crippen LogP contribution in [0.3, 0.4) is 0 Å². The molecule has 0 amide bonds. The maximum atomic E-state index is 14.5. The van der Waals surface area contributed by atoms with Crippen LogP contribution in [0, 0.1) is 11.6 Å². The van der Waals surface area contributed by atoms with Gasteiger partial charge in [-0.05, 0) is 29.3 Å². The number of hydrogen-bond donors (Lipinski definition) is 1. The van der Waals surface area contributed by atoms with Crippen molar-refractivity contribution in [1.29, 1.82) is 0 Å². The summed E-state index contributed by atoms with van der Waals surface area (Å²) in [5, 5.41) is 8.69. The second kappa shape index (κ2) is 8.95. The van der Waals surface area contributed by atoms with Gasteiger partial charge in [0.15, 0.2) is 0 Å². The second-order valence-corrected chi connectivity index (χ2v) is 6.32. The van der Waals surface area contributed by atoms with Gasteiger partial charge in [0.2, 0.25) is 0 Å². The number of carboxylic acid groups (broad SMARTS) is 1. The normalized spacial score (nSPS) is 10.9. The van der Waals surface area contributed by atoms with E-state index < -0.39 is 17.6 Å². The van der Waals surface area contributed by atoms with E-state index in [1.807, 2.05) is 65.6 Å². The number of rotatable bonds is 7. The van der Waals surface area contributed by atoms with Crippen molar-refractivity contribution in [3.63, 3.8) is 0 Å². The second-order valence-electron chi connectivity index (χ2n) is 6.32. The molecule has 3 aromatic rings. The van der Waals surface area contributed by atoms with Crippen LogP contribution in [0.1, 0.15) is 16.7 Å². The van der Waals surface area contributed by atoms with E-state index in [0.29, 0.717) is 24.9 Å². The molecule has 0 aliphatic rings. The molecule has 0 bridgehead atoms. The van der Waals surface area contributed by atoms with Crippen molar-refractivity contribution in [3.8, 4) is 0 Å². The molecule has 0 saturated carbocycles. The Morgan fingerprint density at radius 2 is 1.32 bits per heavy atom. The molecule has 0 unspecified atom stereocenters. The fourth-order valence-corrected chi connectivity index (χ4v) is 2.91. The smallest absolute Gasteiger partial charge is 0.328 e. The average molecular weight is 379 g/mol. The third-order valence-corrected chi connectivity index (χ3v) is 4.25. The topological polar surface area (TPSA) is 40.5 Å². The predicted molar refractivity (Wildman–Crippen MR) is 106 cm³/mol. The molecule has 3 rings (SSSR count). The van der Waals surface area contributed by atoms with E-state index >= 15 is 0 Å². The Hall–Kier alpha value is -3.47. The van der Waals surface area contributed by atoms with Crippen molar-refractivity contribution in [2.45, 2.75) is 13.1 Å². The zero-order valence-corrected chi connectivity index (χ0v) is 15.1. The maximum absolute atomic E-state index is 14.5. The van der Waals surface area contributed by atoms with Crippen LogP contribution in [0.5, 0.6) is 0 Å². The maximum Gasteiger partial charge on any atom is 0.328 e. The Bertz CT molecular complexity index is 908. The lowest BCUT2D eigenvalue weighted by Crippen LogP contribution is -2.22. The summed E-state index contributed by atoms with van der Waals surface area (Å²) < 4.78 is 29.0.